The molecule has 117 heavy (non-hydrogen) atoms. The molecule has 0 radical (unpaired) electrons. The summed E-state index contributed by atoms with van der Waals surface area (Å²) in [6, 6.07) is 39.3. The lowest BCUT2D eigenvalue weighted by atomic mass is 10.1. The molecule has 16 rings (SSSR count). The number of anilines is 6. The van der Waals surface area contributed by atoms with Crippen LogP contribution in [0.4, 0.5) is 56.9 Å². The van der Waals surface area contributed by atoms with E-state index >= 15 is 0 Å². The molecule has 604 valence electrons. The zero-order valence-corrected chi connectivity index (χ0v) is 67.5. The van der Waals surface area contributed by atoms with E-state index in [1.54, 1.807) is 91.0 Å². The SMILES string of the molecule is COC(=O)CCC(=O)Nc1ccc2c(c1)N1C(=O)c3cc(OC)c(O)cc3N=CC1C2.COC(=O)CCC(=O)Nc1ccc2c(c1)N1C(=O)c3cc(OC)c(OCCCCCOc4cc5c(cc4OC)C(=O)N4c6ccccc6CC4C=N5)cc3N=CC1C2.COc1cc2c(cc1OCCCCCI)N=CC1Cc3ccccc3N1C2=O. The van der Waals surface area contributed by atoms with Crippen LogP contribution in [0.25, 0.3) is 0 Å². The van der Waals surface area contributed by atoms with Gasteiger partial charge in [-0.1, -0.05) is 71.1 Å². The molecule has 3 N–H and O–H groups in total. The quantitative estimate of drug-likeness (QED) is 0.0196. The van der Waals surface area contributed by atoms with Crippen LogP contribution in [0.1, 0.15) is 128 Å². The fourth-order valence-electron chi connectivity index (χ4n) is 15.3. The molecule has 0 bridgehead atoms. The number of ether oxygens (including phenoxy) is 9. The van der Waals surface area contributed by atoms with Crippen LogP contribution >= 0.6 is 22.6 Å². The van der Waals surface area contributed by atoms with Crippen molar-refractivity contribution >= 4 is 152 Å². The highest BCUT2D eigenvalue weighted by Gasteiger charge is 2.42. The number of nitrogens with zero attached hydrogens (tertiary/aromatic N) is 8. The number of methoxy groups -OCH3 is 6. The van der Waals surface area contributed by atoms with E-state index < -0.39 is 11.9 Å². The lowest BCUT2D eigenvalue weighted by Gasteiger charge is -2.22. The number of rotatable bonds is 26. The number of nitrogens with one attached hydrogen (secondary N) is 2. The van der Waals surface area contributed by atoms with Crippen LogP contribution < -0.4 is 63.4 Å². The summed E-state index contributed by atoms with van der Waals surface area (Å²) < 4.78 is 50.5. The molecule has 8 heterocycles. The number of esters is 2. The molecule has 8 aromatic carbocycles. The second kappa shape index (κ2) is 36.4. The summed E-state index contributed by atoms with van der Waals surface area (Å²) in [5, 5.41) is 15.6. The summed E-state index contributed by atoms with van der Waals surface area (Å²) in [5.74, 6) is 0.946. The highest BCUT2D eigenvalue weighted by molar-refractivity contribution is 14.1. The van der Waals surface area contributed by atoms with E-state index in [2.05, 4.69) is 58.7 Å². The monoisotopic (exact) mass is 1700 g/mol. The molecule has 8 aromatic rings. The topological polar surface area (TPSA) is 326 Å². The first kappa shape index (κ1) is 80.9. The second-order valence-electron chi connectivity index (χ2n) is 28.5. The molecule has 4 unspecified atom stereocenters. The van der Waals surface area contributed by atoms with E-state index in [4.69, 9.17) is 43.1 Å². The highest BCUT2D eigenvalue weighted by atomic mass is 127. The Balaban J connectivity index is 0.000000160. The van der Waals surface area contributed by atoms with Crippen molar-refractivity contribution in [3.05, 3.63) is 178 Å². The summed E-state index contributed by atoms with van der Waals surface area (Å²) in [6.45, 7) is 1.46. The van der Waals surface area contributed by atoms with Gasteiger partial charge in [0.1, 0.15) is 0 Å². The van der Waals surface area contributed by atoms with Gasteiger partial charge in [-0.15, -0.1) is 0 Å². The molecule has 0 saturated heterocycles. The average Bonchev–Trinajstić information content (AvgIpc) is 1.64. The number of phenolic OH excluding ortho intramolecular Hbond substituents is 1. The summed E-state index contributed by atoms with van der Waals surface area (Å²) in [5.41, 5.74) is 12.2. The number of halogens is 1. The number of carbonyl (C=O) groups excluding carboxylic acids is 8. The first-order valence-electron chi connectivity index (χ1n) is 38.6. The van der Waals surface area contributed by atoms with Gasteiger partial charge in [-0.05, 0) is 126 Å². The molecular formula is C88H87IN10O18. The van der Waals surface area contributed by atoms with E-state index in [9.17, 15) is 43.5 Å². The third-order valence-corrected chi connectivity index (χ3v) is 22.0. The van der Waals surface area contributed by atoms with Gasteiger partial charge in [-0.3, -0.25) is 77.9 Å². The molecule has 0 saturated carbocycles. The number of aliphatic imine (C=N–C) groups is 4. The van der Waals surface area contributed by atoms with E-state index in [1.165, 1.54) is 52.6 Å². The van der Waals surface area contributed by atoms with Crippen LogP contribution in [-0.4, -0.2) is 168 Å². The molecule has 0 aromatic heterocycles. The molecular weight excluding hydrogens is 1610 g/mol. The van der Waals surface area contributed by atoms with Gasteiger partial charge in [0.2, 0.25) is 11.8 Å². The Morgan fingerprint density at radius 3 is 1.06 bits per heavy atom. The maximum Gasteiger partial charge on any atom is 0.306 e. The Kier molecular flexibility index (Phi) is 25.2. The lowest BCUT2D eigenvalue weighted by Crippen LogP contribution is -2.37. The van der Waals surface area contributed by atoms with Gasteiger partial charge in [-0.2, -0.15) is 0 Å². The van der Waals surface area contributed by atoms with Crippen molar-refractivity contribution in [2.24, 2.45) is 20.0 Å². The Labute approximate surface area is 688 Å². The molecule has 28 nitrogen and oxygen atoms in total. The zero-order valence-electron chi connectivity index (χ0n) is 65.4. The number of hydrogen-bond acceptors (Lipinski definition) is 22. The van der Waals surface area contributed by atoms with Crippen molar-refractivity contribution in [1.82, 2.24) is 0 Å². The number of unbranched alkanes of at least 4 members (excludes halogenated alkanes) is 4. The van der Waals surface area contributed by atoms with Gasteiger partial charge in [-0.25, -0.2) is 0 Å². The first-order valence-corrected chi connectivity index (χ1v) is 40.1. The Bertz CT molecular complexity index is 5360. The molecule has 29 heteroatoms. The second-order valence-corrected chi connectivity index (χ2v) is 29.6. The van der Waals surface area contributed by atoms with E-state index in [1.807, 2.05) is 82.9 Å². The Hall–Kier alpha value is -12.7. The standard InChI is InChI=1S/C44H43N5O9.C22H23IN2O3.C22H21N3O6/c1-54-37-20-31-33(45-24-29-17-26-9-5-6-10-35(26)48(29)43(31)52)22-39(37)57-15-7-4-8-16-58-40-23-34-32(21-38(40)55-2)44(53)49-30(25-46-34)18-27-11-12-28(19-36(27)49)47-41(50)13-14-42(51)56-3;1-27-20-12-17-18(13-21(20)28-10-6-2-5-9-23)24-14-16-11-15-7-3-4-8-19(15)25(16)22(17)26;1-30-19-9-15-16(10-18(19)26)23-11-14-7-12-3-4-13(8-17(12)25(14)22(15)29)24-20(27)5-6-21(28)31-2/h5-6,9-12,19-25,29-30H,4,7-8,13-18H2,1-3H3,(H,47,50);3-4,7-8,12-14,16H,2,5-6,9-11H2,1H3;3-4,8-11,14,26H,5-7H2,1-2H3,(H,24,27). The van der Waals surface area contributed by atoms with Crippen molar-refractivity contribution in [2.75, 3.05) is 97.1 Å². The predicted molar refractivity (Wildman–Crippen MR) is 452 cm³/mol. The number of aromatic hydroxyl groups is 1. The van der Waals surface area contributed by atoms with Crippen molar-refractivity contribution in [2.45, 2.75) is 114 Å². The minimum absolute atomic E-state index is 0.00164. The van der Waals surface area contributed by atoms with Crippen molar-refractivity contribution < 1.29 is 86.1 Å². The minimum Gasteiger partial charge on any atom is -0.504 e. The van der Waals surface area contributed by atoms with Crippen molar-refractivity contribution in [3.63, 3.8) is 0 Å². The average molecular weight is 1700 g/mol. The molecule has 0 fully saturated rings. The number of alkyl halides is 1. The summed E-state index contributed by atoms with van der Waals surface area (Å²) in [4.78, 5) is 127. The van der Waals surface area contributed by atoms with E-state index in [0.717, 1.165) is 77.4 Å². The Morgan fingerprint density at radius 2 is 0.709 bits per heavy atom. The molecule has 0 spiro atoms. The van der Waals surface area contributed by atoms with Crippen LogP contribution in [0.15, 0.2) is 153 Å². The molecule has 0 aliphatic carbocycles. The maximum absolute atomic E-state index is 14.1. The van der Waals surface area contributed by atoms with Crippen LogP contribution in [0.3, 0.4) is 0 Å². The summed E-state index contributed by atoms with van der Waals surface area (Å²) in [7, 11) is 8.65. The minimum atomic E-state index is -0.463. The third kappa shape index (κ3) is 17.5. The molecule has 8 aliphatic heterocycles. The van der Waals surface area contributed by atoms with Crippen LogP contribution in [0.5, 0.6) is 46.0 Å². The fourth-order valence-corrected chi connectivity index (χ4v) is 15.8. The highest BCUT2D eigenvalue weighted by Crippen LogP contribution is 2.47. The molecule has 6 amide bonds. The van der Waals surface area contributed by atoms with Crippen LogP contribution in [0, 0.1) is 0 Å². The largest absolute Gasteiger partial charge is 0.504 e. The third-order valence-electron chi connectivity index (χ3n) is 21.2. The molecule has 8 aliphatic rings. The van der Waals surface area contributed by atoms with Gasteiger partial charge in [0.25, 0.3) is 23.6 Å². The summed E-state index contributed by atoms with van der Waals surface area (Å²) >= 11 is 2.39. The number of hydrogen-bond donors (Lipinski definition) is 3. The first-order chi connectivity index (χ1) is 56.9. The van der Waals surface area contributed by atoms with Gasteiger partial charge in [0, 0.05) is 110 Å². The van der Waals surface area contributed by atoms with Crippen LogP contribution in [0.2, 0.25) is 0 Å². The number of carbonyl (C=O) groups is 8. The number of benzene rings is 8. The van der Waals surface area contributed by atoms with Crippen molar-refractivity contribution in [1.29, 1.82) is 0 Å². The van der Waals surface area contributed by atoms with Gasteiger partial charge < -0.3 is 58.4 Å². The number of phenols is 1. The van der Waals surface area contributed by atoms with Crippen molar-refractivity contribution in [3.8, 4) is 46.0 Å². The molecule has 4 atom stereocenters. The summed E-state index contributed by atoms with van der Waals surface area (Å²) in [6.07, 6.45) is 15.4. The fraction of sp³-hybridized carbons (Fsp3) is 0.318. The number of fused-ring (bicyclic) bond motifs is 16. The smallest absolute Gasteiger partial charge is 0.306 e. The van der Waals surface area contributed by atoms with Crippen LogP contribution in [-0.2, 0) is 54.3 Å². The lowest BCUT2D eigenvalue weighted by molar-refractivity contribution is -0.142. The van der Waals surface area contributed by atoms with E-state index in [0.29, 0.717) is 135 Å². The van der Waals surface area contributed by atoms with Gasteiger partial charge in [0.15, 0.2) is 46.0 Å². The van der Waals surface area contributed by atoms with Gasteiger partial charge in [0.05, 0.1) is 156 Å². The predicted octanol–water partition coefficient (Wildman–Crippen LogP) is 14.3. The zero-order chi connectivity index (χ0) is 82.0. The Morgan fingerprint density at radius 1 is 0.385 bits per heavy atom. The normalized spacial score (nSPS) is 16.7. The van der Waals surface area contributed by atoms with Gasteiger partial charge >= 0.3 is 11.9 Å². The maximum atomic E-state index is 14.1. The number of amides is 6. The van der Waals surface area contributed by atoms with E-state index in [-0.39, 0.29) is 96.8 Å². The number of para-hydroxylation sites is 2.